The van der Waals surface area contributed by atoms with E-state index < -0.39 is 4.92 Å². The maximum atomic E-state index is 10.6. The van der Waals surface area contributed by atoms with Crippen molar-refractivity contribution in [1.29, 1.82) is 0 Å². The minimum absolute atomic E-state index is 0.00947. The summed E-state index contributed by atoms with van der Waals surface area (Å²) in [6.07, 6.45) is 0. The Hall–Kier alpha value is -2.06. The lowest BCUT2D eigenvalue weighted by molar-refractivity contribution is -0.384. The lowest BCUT2D eigenvalue weighted by atomic mass is 10.2. The number of non-ortho nitro benzene ring substituents is 1. The Morgan fingerprint density at radius 3 is 2.88 bits per heavy atom. The minimum Gasteiger partial charge on any atom is -0.493 e. The summed E-state index contributed by atoms with van der Waals surface area (Å²) in [4.78, 5) is 10.1. The fourth-order valence-electron chi connectivity index (χ4n) is 1.16. The van der Waals surface area contributed by atoms with Crippen LogP contribution in [0.15, 0.2) is 18.2 Å². The molecule has 0 saturated heterocycles. The number of nitrogens with two attached hydrogens (primary N) is 1. The van der Waals surface area contributed by atoms with E-state index in [4.69, 9.17) is 10.5 Å². The molecule has 1 aromatic rings. The molecular formula is C11H12N2O3. The maximum Gasteiger partial charge on any atom is 0.270 e. The summed E-state index contributed by atoms with van der Waals surface area (Å²) >= 11 is 0. The number of nitro groups is 1. The Bertz CT molecular complexity index is 446. The summed E-state index contributed by atoms with van der Waals surface area (Å²) in [5.41, 5.74) is 5.73. The van der Waals surface area contributed by atoms with Gasteiger partial charge in [0.1, 0.15) is 5.75 Å². The largest absolute Gasteiger partial charge is 0.493 e. The molecule has 0 aliphatic rings. The van der Waals surface area contributed by atoms with Crippen molar-refractivity contribution < 1.29 is 9.66 Å². The average Bonchev–Trinajstić information content (AvgIpc) is 2.27. The number of rotatable bonds is 3. The molecule has 2 N–H and O–H groups in total. The monoisotopic (exact) mass is 220 g/mol. The predicted octanol–water partition coefficient (Wildman–Crippen LogP) is 1.30. The summed E-state index contributed by atoms with van der Waals surface area (Å²) in [7, 11) is 0. The Labute approximate surface area is 93.4 Å². The molecule has 0 aliphatic carbocycles. The highest BCUT2D eigenvalue weighted by Crippen LogP contribution is 2.23. The molecule has 0 bridgehead atoms. The quantitative estimate of drug-likeness (QED) is 0.473. The fourth-order valence-corrected chi connectivity index (χ4v) is 1.16. The molecule has 0 radical (unpaired) electrons. The van der Waals surface area contributed by atoms with E-state index in [2.05, 4.69) is 11.8 Å². The van der Waals surface area contributed by atoms with Crippen molar-refractivity contribution in [3.8, 4) is 17.6 Å². The zero-order valence-electron chi connectivity index (χ0n) is 8.90. The lowest BCUT2D eigenvalue weighted by Crippen LogP contribution is -1.97. The second-order valence-corrected chi connectivity index (χ2v) is 2.88. The van der Waals surface area contributed by atoms with Gasteiger partial charge < -0.3 is 10.5 Å². The molecule has 0 unspecified atom stereocenters. The Morgan fingerprint density at radius 2 is 2.31 bits per heavy atom. The molecule has 0 heterocycles. The van der Waals surface area contributed by atoms with E-state index in [1.807, 2.05) is 6.92 Å². The van der Waals surface area contributed by atoms with Gasteiger partial charge in [-0.05, 0) is 13.0 Å². The third kappa shape index (κ3) is 2.97. The van der Waals surface area contributed by atoms with Crippen LogP contribution in [0, 0.1) is 22.0 Å². The third-order valence-electron chi connectivity index (χ3n) is 1.80. The van der Waals surface area contributed by atoms with Crippen LogP contribution < -0.4 is 10.5 Å². The zero-order valence-corrected chi connectivity index (χ0v) is 8.90. The fraction of sp³-hybridized carbons (Fsp3) is 0.273. The average molecular weight is 220 g/mol. The minimum atomic E-state index is -0.469. The van der Waals surface area contributed by atoms with Gasteiger partial charge >= 0.3 is 0 Å². The molecule has 0 aromatic heterocycles. The Kier molecular flexibility index (Phi) is 4.30. The topological polar surface area (TPSA) is 78.4 Å². The predicted molar refractivity (Wildman–Crippen MR) is 60.2 cm³/mol. The molecule has 1 rings (SSSR count). The van der Waals surface area contributed by atoms with Crippen LogP contribution in [-0.2, 0) is 0 Å². The maximum absolute atomic E-state index is 10.6. The van der Waals surface area contributed by atoms with Gasteiger partial charge in [0.05, 0.1) is 23.6 Å². The van der Waals surface area contributed by atoms with E-state index in [9.17, 15) is 10.1 Å². The van der Waals surface area contributed by atoms with Gasteiger partial charge in [-0.1, -0.05) is 11.8 Å². The van der Waals surface area contributed by atoms with E-state index >= 15 is 0 Å². The first-order chi connectivity index (χ1) is 7.69. The van der Waals surface area contributed by atoms with E-state index in [1.54, 1.807) is 6.07 Å². The van der Waals surface area contributed by atoms with Crippen molar-refractivity contribution in [3.05, 3.63) is 33.9 Å². The molecule has 0 fully saturated rings. The molecule has 0 spiro atoms. The second kappa shape index (κ2) is 5.73. The van der Waals surface area contributed by atoms with E-state index in [-0.39, 0.29) is 12.2 Å². The first-order valence-electron chi connectivity index (χ1n) is 4.79. The van der Waals surface area contributed by atoms with Gasteiger partial charge in [-0.25, -0.2) is 0 Å². The van der Waals surface area contributed by atoms with Crippen LogP contribution in [-0.4, -0.2) is 18.1 Å². The SMILES string of the molecule is CCOc1ccc([N+](=O)[O-])cc1C#CCN. The number of hydrogen-bond acceptors (Lipinski definition) is 4. The van der Waals surface area contributed by atoms with E-state index in [1.165, 1.54) is 12.1 Å². The summed E-state index contributed by atoms with van der Waals surface area (Å²) in [5, 5.41) is 10.6. The number of hydrogen-bond donors (Lipinski definition) is 1. The van der Waals surface area contributed by atoms with Crippen LogP contribution >= 0.6 is 0 Å². The smallest absolute Gasteiger partial charge is 0.270 e. The van der Waals surface area contributed by atoms with Crippen LogP contribution in [0.3, 0.4) is 0 Å². The van der Waals surface area contributed by atoms with E-state index in [0.717, 1.165) is 0 Å². The molecule has 0 saturated carbocycles. The molecule has 0 aliphatic heterocycles. The number of ether oxygens (including phenoxy) is 1. The van der Waals surface area contributed by atoms with Crippen molar-refractivity contribution in [3.63, 3.8) is 0 Å². The van der Waals surface area contributed by atoms with Crippen LogP contribution in [0.25, 0.3) is 0 Å². The van der Waals surface area contributed by atoms with Crippen molar-refractivity contribution in [2.24, 2.45) is 5.73 Å². The van der Waals surface area contributed by atoms with Gasteiger partial charge in [0.25, 0.3) is 5.69 Å². The number of nitro benzene ring substituents is 1. The van der Waals surface area contributed by atoms with E-state index in [0.29, 0.717) is 17.9 Å². The Balaban J connectivity index is 3.15. The molecule has 0 atom stereocenters. The van der Waals surface area contributed by atoms with Crippen LogP contribution in [0.2, 0.25) is 0 Å². The first-order valence-corrected chi connectivity index (χ1v) is 4.79. The normalized spacial score (nSPS) is 9.12. The summed E-state index contributed by atoms with van der Waals surface area (Å²) in [6, 6.07) is 4.31. The van der Waals surface area contributed by atoms with Gasteiger partial charge in [-0.15, -0.1) is 0 Å². The van der Waals surface area contributed by atoms with Gasteiger partial charge in [0, 0.05) is 12.1 Å². The highest BCUT2D eigenvalue weighted by molar-refractivity contribution is 5.52. The summed E-state index contributed by atoms with van der Waals surface area (Å²) in [5.74, 6) is 5.93. The van der Waals surface area contributed by atoms with Crippen molar-refractivity contribution >= 4 is 5.69 Å². The van der Waals surface area contributed by atoms with Crippen LogP contribution in [0.5, 0.6) is 5.75 Å². The molecule has 16 heavy (non-hydrogen) atoms. The molecule has 84 valence electrons. The second-order valence-electron chi connectivity index (χ2n) is 2.88. The van der Waals surface area contributed by atoms with Crippen LogP contribution in [0.1, 0.15) is 12.5 Å². The zero-order chi connectivity index (χ0) is 12.0. The number of benzene rings is 1. The van der Waals surface area contributed by atoms with Gasteiger partial charge in [-0.3, -0.25) is 10.1 Å². The van der Waals surface area contributed by atoms with Gasteiger partial charge in [0.15, 0.2) is 0 Å². The Morgan fingerprint density at radius 1 is 1.56 bits per heavy atom. The first kappa shape index (κ1) is 12.0. The molecule has 1 aromatic carbocycles. The molecule has 5 heteroatoms. The van der Waals surface area contributed by atoms with Crippen molar-refractivity contribution in [2.45, 2.75) is 6.92 Å². The third-order valence-corrected chi connectivity index (χ3v) is 1.80. The van der Waals surface area contributed by atoms with Crippen molar-refractivity contribution in [1.82, 2.24) is 0 Å². The number of nitrogens with zero attached hydrogens (tertiary/aromatic N) is 1. The van der Waals surface area contributed by atoms with Gasteiger partial charge in [-0.2, -0.15) is 0 Å². The highest BCUT2D eigenvalue weighted by Gasteiger charge is 2.09. The lowest BCUT2D eigenvalue weighted by Gasteiger charge is -2.04. The molecule has 0 amide bonds. The summed E-state index contributed by atoms with van der Waals surface area (Å²) in [6.45, 7) is 2.52. The van der Waals surface area contributed by atoms with Crippen molar-refractivity contribution in [2.75, 3.05) is 13.2 Å². The molecule has 5 nitrogen and oxygen atoms in total. The summed E-state index contributed by atoms with van der Waals surface area (Å²) < 4.78 is 5.30. The standard InChI is InChI=1S/C11H12N2O3/c1-2-16-11-6-5-10(13(14)15)8-9(11)4-3-7-12/h5-6,8H,2,7,12H2,1H3. The van der Waals surface area contributed by atoms with Gasteiger partial charge in [0.2, 0.25) is 0 Å². The van der Waals surface area contributed by atoms with Crippen LogP contribution in [0.4, 0.5) is 5.69 Å². The highest BCUT2D eigenvalue weighted by atomic mass is 16.6. The molecular weight excluding hydrogens is 208 g/mol.